The summed E-state index contributed by atoms with van der Waals surface area (Å²) in [6.45, 7) is 0. The van der Waals surface area contributed by atoms with Crippen molar-refractivity contribution in [3.05, 3.63) is 59.7 Å². The van der Waals surface area contributed by atoms with Crippen LogP contribution in [-0.4, -0.2) is 9.97 Å². The molecule has 16 heavy (non-hydrogen) atoms. The fourth-order valence-corrected chi connectivity index (χ4v) is 1.32. The van der Waals surface area contributed by atoms with Crippen LogP contribution < -0.4 is 0 Å². The van der Waals surface area contributed by atoms with Crippen LogP contribution in [0.1, 0.15) is 16.8 Å². The molecule has 0 fully saturated rings. The van der Waals surface area contributed by atoms with Gasteiger partial charge >= 0.3 is 0 Å². The van der Waals surface area contributed by atoms with Gasteiger partial charge in [0, 0.05) is 24.2 Å². The predicted octanol–water partition coefficient (Wildman–Crippen LogP) is 2.63. The molecule has 2 nitrogen and oxygen atoms in total. The number of rotatable bonds is 2. The standard InChI is InChI=1S/C14H10N2/c1-2-12-11-15-10-8-13(12)6-7-14-5-3-4-9-16-14/h1,3-11H/b7-6+. The average Bonchev–Trinajstić information content (AvgIpc) is 2.38. The van der Waals surface area contributed by atoms with Gasteiger partial charge in [0.25, 0.3) is 0 Å². The number of aromatic nitrogens is 2. The van der Waals surface area contributed by atoms with Crippen LogP contribution in [-0.2, 0) is 0 Å². The minimum absolute atomic E-state index is 0.787. The highest BCUT2D eigenvalue weighted by atomic mass is 14.6. The van der Waals surface area contributed by atoms with Gasteiger partial charge in [0.1, 0.15) is 0 Å². The van der Waals surface area contributed by atoms with Crippen molar-refractivity contribution in [2.45, 2.75) is 0 Å². The Kier molecular flexibility index (Phi) is 3.10. The van der Waals surface area contributed by atoms with Gasteiger partial charge in [0.2, 0.25) is 0 Å². The van der Waals surface area contributed by atoms with E-state index in [1.54, 1.807) is 18.6 Å². The summed E-state index contributed by atoms with van der Waals surface area (Å²) in [4.78, 5) is 8.17. The van der Waals surface area contributed by atoms with E-state index >= 15 is 0 Å². The van der Waals surface area contributed by atoms with Gasteiger partial charge in [-0.2, -0.15) is 0 Å². The Bertz CT molecular complexity index is 536. The normalized spacial score (nSPS) is 10.2. The lowest BCUT2D eigenvalue weighted by Crippen LogP contribution is -1.83. The van der Waals surface area contributed by atoms with Crippen LogP contribution in [0, 0.1) is 12.3 Å². The van der Waals surface area contributed by atoms with E-state index in [0.717, 1.165) is 16.8 Å². The highest BCUT2D eigenvalue weighted by Crippen LogP contribution is 2.09. The molecule has 0 aliphatic rings. The zero-order valence-corrected chi connectivity index (χ0v) is 8.67. The molecule has 0 aromatic carbocycles. The highest BCUT2D eigenvalue weighted by molar-refractivity contribution is 5.71. The van der Waals surface area contributed by atoms with E-state index in [9.17, 15) is 0 Å². The van der Waals surface area contributed by atoms with E-state index < -0.39 is 0 Å². The molecule has 2 heteroatoms. The van der Waals surface area contributed by atoms with Crippen LogP contribution in [0.5, 0.6) is 0 Å². The first kappa shape index (κ1) is 10.1. The minimum Gasteiger partial charge on any atom is -0.263 e. The first-order valence-electron chi connectivity index (χ1n) is 4.90. The monoisotopic (exact) mass is 206 g/mol. The SMILES string of the molecule is C#Cc1cnccc1/C=C/c1ccccn1. The first-order valence-corrected chi connectivity index (χ1v) is 4.90. The fourth-order valence-electron chi connectivity index (χ4n) is 1.32. The molecule has 0 unspecified atom stereocenters. The summed E-state index contributed by atoms with van der Waals surface area (Å²) in [7, 11) is 0. The summed E-state index contributed by atoms with van der Waals surface area (Å²) >= 11 is 0. The van der Waals surface area contributed by atoms with Crippen LogP contribution >= 0.6 is 0 Å². The molecule has 0 aliphatic heterocycles. The number of hydrogen-bond acceptors (Lipinski definition) is 2. The minimum atomic E-state index is 0.787. The Morgan fingerprint density at radius 2 is 2.06 bits per heavy atom. The quantitative estimate of drug-likeness (QED) is 0.706. The summed E-state index contributed by atoms with van der Waals surface area (Å²) in [6.07, 6.45) is 14.4. The second-order valence-corrected chi connectivity index (χ2v) is 3.20. The third-order valence-electron chi connectivity index (χ3n) is 2.13. The van der Waals surface area contributed by atoms with Crippen LogP contribution in [0.4, 0.5) is 0 Å². The maximum atomic E-state index is 5.38. The van der Waals surface area contributed by atoms with Crippen LogP contribution in [0.15, 0.2) is 42.9 Å². The summed E-state index contributed by atoms with van der Waals surface area (Å²) in [5.74, 6) is 2.60. The molecule has 2 aromatic rings. The van der Waals surface area contributed by atoms with Crippen molar-refractivity contribution < 1.29 is 0 Å². The Morgan fingerprint density at radius 3 is 2.81 bits per heavy atom. The molecule has 0 spiro atoms. The average molecular weight is 206 g/mol. The van der Waals surface area contributed by atoms with Gasteiger partial charge in [-0.1, -0.05) is 18.1 Å². The van der Waals surface area contributed by atoms with E-state index in [-0.39, 0.29) is 0 Å². The molecule has 0 aliphatic carbocycles. The largest absolute Gasteiger partial charge is 0.263 e. The van der Waals surface area contributed by atoms with Gasteiger partial charge in [0.15, 0.2) is 0 Å². The summed E-state index contributed by atoms with van der Waals surface area (Å²) in [5.41, 5.74) is 2.67. The highest BCUT2D eigenvalue weighted by Gasteiger charge is 1.94. The number of nitrogens with zero attached hydrogens (tertiary/aromatic N) is 2. The van der Waals surface area contributed by atoms with Gasteiger partial charge in [-0.25, -0.2) is 0 Å². The van der Waals surface area contributed by atoms with E-state index in [2.05, 4.69) is 15.9 Å². The van der Waals surface area contributed by atoms with Crippen molar-refractivity contribution in [2.24, 2.45) is 0 Å². The Hall–Kier alpha value is -2.40. The molecular weight excluding hydrogens is 196 g/mol. The first-order chi connectivity index (χ1) is 7.90. The predicted molar refractivity (Wildman–Crippen MR) is 65.3 cm³/mol. The summed E-state index contributed by atoms with van der Waals surface area (Å²) in [5, 5.41) is 0. The van der Waals surface area contributed by atoms with E-state index in [0.29, 0.717) is 0 Å². The third-order valence-corrected chi connectivity index (χ3v) is 2.13. The van der Waals surface area contributed by atoms with E-state index in [1.165, 1.54) is 0 Å². The molecule has 2 aromatic heterocycles. The lowest BCUT2D eigenvalue weighted by atomic mass is 10.1. The lowest BCUT2D eigenvalue weighted by molar-refractivity contribution is 1.29. The van der Waals surface area contributed by atoms with Gasteiger partial charge < -0.3 is 0 Å². The van der Waals surface area contributed by atoms with Crippen molar-refractivity contribution in [3.63, 3.8) is 0 Å². The summed E-state index contributed by atoms with van der Waals surface area (Å²) < 4.78 is 0. The third kappa shape index (κ3) is 2.34. The van der Waals surface area contributed by atoms with Gasteiger partial charge in [0.05, 0.1) is 5.69 Å². The molecule has 0 saturated carbocycles. The Labute approximate surface area is 94.7 Å². The van der Waals surface area contributed by atoms with Gasteiger partial charge in [-0.15, -0.1) is 6.42 Å². The van der Waals surface area contributed by atoms with Gasteiger partial charge in [-0.05, 0) is 29.8 Å². The molecular formula is C14H10N2. The second-order valence-electron chi connectivity index (χ2n) is 3.20. The smallest absolute Gasteiger partial charge is 0.0629 e. The molecule has 0 N–H and O–H groups in total. The number of pyridine rings is 2. The van der Waals surface area contributed by atoms with Crippen molar-refractivity contribution in [1.82, 2.24) is 9.97 Å². The molecule has 0 radical (unpaired) electrons. The van der Waals surface area contributed by atoms with Crippen molar-refractivity contribution >= 4 is 12.2 Å². The maximum Gasteiger partial charge on any atom is 0.0629 e. The molecule has 0 saturated heterocycles. The Morgan fingerprint density at radius 1 is 1.12 bits per heavy atom. The number of terminal acetylenes is 1. The van der Waals surface area contributed by atoms with Crippen LogP contribution in [0.25, 0.3) is 12.2 Å². The van der Waals surface area contributed by atoms with Crippen molar-refractivity contribution in [3.8, 4) is 12.3 Å². The molecule has 76 valence electrons. The van der Waals surface area contributed by atoms with Crippen molar-refractivity contribution in [1.29, 1.82) is 0 Å². The molecule has 0 atom stereocenters. The van der Waals surface area contributed by atoms with Crippen LogP contribution in [0.3, 0.4) is 0 Å². The van der Waals surface area contributed by atoms with E-state index in [4.69, 9.17) is 6.42 Å². The van der Waals surface area contributed by atoms with Crippen LogP contribution in [0.2, 0.25) is 0 Å². The second kappa shape index (κ2) is 4.90. The molecule has 2 rings (SSSR count). The molecule has 0 bridgehead atoms. The summed E-state index contributed by atoms with van der Waals surface area (Å²) in [6, 6.07) is 7.65. The van der Waals surface area contributed by atoms with E-state index in [1.807, 2.05) is 36.4 Å². The number of hydrogen-bond donors (Lipinski definition) is 0. The Balaban J connectivity index is 2.28. The topological polar surface area (TPSA) is 25.8 Å². The van der Waals surface area contributed by atoms with Crippen molar-refractivity contribution in [2.75, 3.05) is 0 Å². The molecule has 2 heterocycles. The fraction of sp³-hybridized carbons (Fsp3) is 0. The maximum absolute atomic E-state index is 5.38. The lowest BCUT2D eigenvalue weighted by Gasteiger charge is -1.96. The zero-order chi connectivity index (χ0) is 11.2. The zero-order valence-electron chi connectivity index (χ0n) is 8.67. The van der Waals surface area contributed by atoms with Gasteiger partial charge in [-0.3, -0.25) is 9.97 Å². The molecule has 0 amide bonds.